The second kappa shape index (κ2) is 16.4. The van der Waals surface area contributed by atoms with Crippen LogP contribution in [0.5, 0.6) is 0 Å². The fourth-order valence-electron chi connectivity index (χ4n) is 0.854. The predicted molar refractivity (Wildman–Crippen MR) is 52.0 cm³/mol. The lowest BCUT2D eigenvalue weighted by Gasteiger charge is -1.93. The first kappa shape index (κ1) is 13.3. The van der Waals surface area contributed by atoms with E-state index >= 15 is 0 Å². The van der Waals surface area contributed by atoms with Gasteiger partial charge in [-0.05, 0) is 0 Å². The van der Waals surface area contributed by atoms with Crippen LogP contribution < -0.4 is 0 Å². The Morgan fingerprint density at radius 1 is 1.00 bits per heavy atom. The molecule has 0 aromatic carbocycles. The van der Waals surface area contributed by atoms with E-state index < -0.39 is 0 Å². The highest BCUT2D eigenvalue weighted by Gasteiger charge is 1.83. The maximum Gasteiger partial charge on any atom is -0.0533 e. The van der Waals surface area contributed by atoms with E-state index in [2.05, 4.69) is 26.5 Å². The van der Waals surface area contributed by atoms with Gasteiger partial charge in [0.15, 0.2) is 0 Å². The van der Waals surface area contributed by atoms with Crippen molar-refractivity contribution in [3.63, 3.8) is 0 Å². The van der Waals surface area contributed by atoms with Crippen molar-refractivity contribution in [3.05, 3.63) is 0 Å². The molecule has 0 fully saturated rings. The van der Waals surface area contributed by atoms with E-state index in [4.69, 9.17) is 5.26 Å². The summed E-state index contributed by atoms with van der Waals surface area (Å²) in [6, 6.07) is 0. The molecule has 0 bridgehead atoms. The van der Waals surface area contributed by atoms with Gasteiger partial charge in [-0.3, -0.25) is 0 Å². The van der Waals surface area contributed by atoms with Crippen LogP contribution in [0.25, 0.3) is 0 Å². The van der Waals surface area contributed by atoms with Gasteiger partial charge in [0.25, 0.3) is 0 Å². The van der Waals surface area contributed by atoms with Gasteiger partial charge in [-0.25, -0.2) is 5.26 Å². The lowest BCUT2D eigenvalue weighted by Crippen LogP contribution is -1.73. The van der Waals surface area contributed by atoms with Gasteiger partial charge in [-0.15, -0.1) is 0 Å². The molecule has 0 rings (SSSR count). The van der Waals surface area contributed by atoms with Crippen LogP contribution in [-0.4, -0.2) is 0 Å². The zero-order chi connectivity index (χ0) is 8.95. The predicted octanol–water partition coefficient (Wildman–Crippen LogP) is 3.38. The molecule has 0 aromatic heterocycles. The summed E-state index contributed by atoms with van der Waals surface area (Å²) in [7, 11) is 0. The molecule has 0 aliphatic rings. The molecule has 1 nitrogen and oxygen atoms in total. The lowest BCUT2D eigenvalue weighted by molar-refractivity contribution is 0.624. The normalized spacial score (nSPS) is 7.73. The van der Waals surface area contributed by atoms with Crippen LogP contribution in [-0.2, 0) is 12.6 Å². The Morgan fingerprint density at radius 3 is 1.45 bits per heavy atom. The van der Waals surface area contributed by atoms with Gasteiger partial charge >= 0.3 is 0 Å². The SMILES string of the molecule is CCCCCCCC.N#C[S-]. The van der Waals surface area contributed by atoms with Crippen LogP contribution in [0, 0.1) is 10.7 Å². The van der Waals surface area contributed by atoms with Gasteiger partial charge in [-0.2, -0.15) is 0 Å². The smallest absolute Gasteiger partial charge is 0.0533 e. The standard InChI is InChI=1S/C8H18.CHNS/c1-3-5-7-8-6-4-2;2-1-3/h3-8H2,1-2H3;3H/p-1. The summed E-state index contributed by atoms with van der Waals surface area (Å²) in [6.07, 6.45) is 8.49. The first-order valence-corrected chi connectivity index (χ1v) is 4.75. The molecule has 0 aliphatic carbocycles. The topological polar surface area (TPSA) is 23.8 Å². The van der Waals surface area contributed by atoms with Gasteiger partial charge in [0, 0.05) is 0 Å². The molecule has 11 heavy (non-hydrogen) atoms. The lowest BCUT2D eigenvalue weighted by atomic mass is 10.1. The molecular formula is C9H18NS-. The number of thiocyanates is 1. The van der Waals surface area contributed by atoms with Crippen LogP contribution in [0.15, 0.2) is 0 Å². The third-order valence-corrected chi connectivity index (χ3v) is 1.46. The molecule has 0 saturated heterocycles. The number of hydrogen-bond acceptors (Lipinski definition) is 2. The summed E-state index contributed by atoms with van der Waals surface area (Å²) in [5.41, 5.74) is 0. The number of nitrogens with zero attached hydrogens (tertiary/aromatic N) is 1. The monoisotopic (exact) mass is 172 g/mol. The number of nitriles is 1. The Kier molecular flexibility index (Phi) is 19.8. The van der Waals surface area contributed by atoms with Crippen LogP contribution in [0.4, 0.5) is 0 Å². The van der Waals surface area contributed by atoms with Crippen LogP contribution in [0.3, 0.4) is 0 Å². The molecule has 2 heteroatoms. The molecule has 0 N–H and O–H groups in total. The van der Waals surface area contributed by atoms with Gasteiger partial charge in [-0.1, -0.05) is 57.8 Å². The highest BCUT2D eigenvalue weighted by atomic mass is 32.1. The largest absolute Gasteiger partial charge is 0.696 e. The summed E-state index contributed by atoms with van der Waals surface area (Å²) >= 11 is 3.70. The first-order chi connectivity index (χ1) is 5.33. The minimum absolute atomic E-state index is 1.33. The molecule has 0 spiro atoms. The van der Waals surface area contributed by atoms with E-state index in [0.717, 1.165) is 0 Å². The number of hydrogen-bond donors (Lipinski definition) is 0. The second-order valence-electron chi connectivity index (χ2n) is 2.51. The molecule has 0 aromatic rings. The van der Waals surface area contributed by atoms with Crippen molar-refractivity contribution in [2.24, 2.45) is 0 Å². The van der Waals surface area contributed by atoms with E-state index in [1.54, 1.807) is 0 Å². The summed E-state index contributed by atoms with van der Waals surface area (Å²) in [5, 5.41) is 8.47. The molecule has 0 atom stereocenters. The van der Waals surface area contributed by atoms with Crippen molar-refractivity contribution in [1.29, 1.82) is 5.26 Å². The van der Waals surface area contributed by atoms with E-state index in [1.807, 2.05) is 0 Å². The first-order valence-electron chi connectivity index (χ1n) is 4.34. The minimum atomic E-state index is 1.33. The maximum absolute atomic E-state index is 7.13. The maximum atomic E-state index is 7.13. The zero-order valence-electron chi connectivity index (χ0n) is 7.60. The van der Waals surface area contributed by atoms with Crippen LogP contribution in [0.1, 0.15) is 52.4 Å². The quantitative estimate of drug-likeness (QED) is 0.360. The molecule has 0 radical (unpaired) electrons. The highest BCUT2D eigenvalue weighted by molar-refractivity contribution is 7.64. The summed E-state index contributed by atoms with van der Waals surface area (Å²) < 4.78 is 0. The van der Waals surface area contributed by atoms with Crippen LogP contribution >= 0.6 is 0 Å². The summed E-state index contributed by atoms with van der Waals surface area (Å²) in [5.74, 6) is 0. The van der Waals surface area contributed by atoms with E-state index in [0.29, 0.717) is 0 Å². The number of rotatable bonds is 5. The van der Waals surface area contributed by atoms with Gasteiger partial charge < -0.3 is 12.6 Å². The van der Waals surface area contributed by atoms with Crippen molar-refractivity contribution < 1.29 is 0 Å². The second-order valence-corrected chi connectivity index (χ2v) is 2.69. The Bertz CT molecular complexity index is 80.1. The molecular weight excluding hydrogens is 154 g/mol. The van der Waals surface area contributed by atoms with Crippen LogP contribution in [0.2, 0.25) is 0 Å². The summed E-state index contributed by atoms with van der Waals surface area (Å²) in [6.45, 7) is 4.51. The van der Waals surface area contributed by atoms with Crippen molar-refractivity contribution >= 4 is 12.6 Å². The molecule has 66 valence electrons. The Balaban J connectivity index is 0. The van der Waals surface area contributed by atoms with E-state index in [9.17, 15) is 0 Å². The average Bonchev–Trinajstić information content (AvgIpc) is 2.00. The average molecular weight is 172 g/mol. The fraction of sp³-hybridized carbons (Fsp3) is 0.889. The van der Waals surface area contributed by atoms with E-state index in [-0.39, 0.29) is 0 Å². The highest BCUT2D eigenvalue weighted by Crippen LogP contribution is 2.03. The fourth-order valence-corrected chi connectivity index (χ4v) is 0.854. The van der Waals surface area contributed by atoms with Gasteiger partial charge in [0.05, 0.1) is 0 Å². The molecule has 0 amide bonds. The van der Waals surface area contributed by atoms with Gasteiger partial charge in [0.1, 0.15) is 0 Å². The van der Waals surface area contributed by atoms with Crippen molar-refractivity contribution in [2.45, 2.75) is 52.4 Å². The van der Waals surface area contributed by atoms with Crippen molar-refractivity contribution in [3.8, 4) is 5.40 Å². The Morgan fingerprint density at radius 2 is 1.27 bits per heavy atom. The third kappa shape index (κ3) is 26.0. The minimum Gasteiger partial charge on any atom is -0.696 e. The third-order valence-electron chi connectivity index (χ3n) is 1.46. The summed E-state index contributed by atoms with van der Waals surface area (Å²) in [4.78, 5) is 0. The van der Waals surface area contributed by atoms with E-state index in [1.165, 1.54) is 43.9 Å². The zero-order valence-corrected chi connectivity index (χ0v) is 8.41. The molecule has 0 aliphatic heterocycles. The number of unbranched alkanes of at least 4 members (excludes halogenated alkanes) is 5. The van der Waals surface area contributed by atoms with Gasteiger partial charge in [0.2, 0.25) is 0 Å². The van der Waals surface area contributed by atoms with Crippen molar-refractivity contribution in [1.82, 2.24) is 0 Å². The Labute approximate surface area is 76.2 Å². The molecule has 0 unspecified atom stereocenters. The Hall–Kier alpha value is -0.290. The van der Waals surface area contributed by atoms with Crippen molar-refractivity contribution in [2.75, 3.05) is 0 Å². The molecule has 0 heterocycles. The molecule has 0 saturated carbocycles.